The lowest BCUT2D eigenvalue weighted by Crippen LogP contribution is -2.76. The highest BCUT2D eigenvalue weighted by molar-refractivity contribution is 5.89. The minimum atomic E-state index is -0.848. The van der Waals surface area contributed by atoms with Gasteiger partial charge in [-0.1, -0.05) is 13.8 Å². The molecule has 2 fully saturated rings. The van der Waals surface area contributed by atoms with Gasteiger partial charge in [0.2, 0.25) is 5.91 Å². The molecule has 1 saturated heterocycles. The molecule has 1 amide bonds. The van der Waals surface area contributed by atoms with E-state index in [9.17, 15) is 4.79 Å². The van der Waals surface area contributed by atoms with Crippen LogP contribution < -0.4 is 5.73 Å². The predicted octanol–water partition coefficient (Wildman–Crippen LogP) is 2.23. The van der Waals surface area contributed by atoms with E-state index in [0.717, 1.165) is 30.8 Å². The van der Waals surface area contributed by atoms with E-state index in [1.807, 2.05) is 30.5 Å². The van der Waals surface area contributed by atoms with E-state index in [-0.39, 0.29) is 23.5 Å². The molecule has 25 heavy (non-hydrogen) atoms. The Kier molecular flexibility index (Phi) is 4.48. The minimum absolute atomic E-state index is 0.0503. The molecule has 3 unspecified atom stereocenters. The fourth-order valence-corrected chi connectivity index (χ4v) is 4.64. The molecule has 6 nitrogen and oxygen atoms in total. The first-order chi connectivity index (χ1) is 11.6. The van der Waals surface area contributed by atoms with Gasteiger partial charge in [0.15, 0.2) is 0 Å². The molecule has 1 aromatic rings. The van der Waals surface area contributed by atoms with Gasteiger partial charge in [-0.05, 0) is 33.6 Å². The number of nitrogens with two attached hydrogens (primary N) is 1. The van der Waals surface area contributed by atoms with Gasteiger partial charge in [-0.3, -0.25) is 9.48 Å². The van der Waals surface area contributed by atoms with E-state index in [1.165, 1.54) is 5.56 Å². The molecule has 1 aromatic heterocycles. The maximum absolute atomic E-state index is 13.4. The Hall–Kier alpha value is -1.40. The van der Waals surface area contributed by atoms with Crippen molar-refractivity contribution in [2.45, 2.75) is 71.6 Å². The van der Waals surface area contributed by atoms with Crippen molar-refractivity contribution >= 4 is 5.91 Å². The van der Waals surface area contributed by atoms with Crippen molar-refractivity contribution in [3.8, 4) is 0 Å². The van der Waals surface area contributed by atoms with Gasteiger partial charge >= 0.3 is 0 Å². The molecule has 3 atom stereocenters. The third kappa shape index (κ3) is 2.53. The van der Waals surface area contributed by atoms with Crippen molar-refractivity contribution in [2.24, 2.45) is 18.2 Å². The van der Waals surface area contributed by atoms with Crippen molar-refractivity contribution in [1.82, 2.24) is 14.7 Å². The molecule has 2 aliphatic rings. The van der Waals surface area contributed by atoms with Crippen LogP contribution >= 0.6 is 0 Å². The van der Waals surface area contributed by atoms with Crippen molar-refractivity contribution < 1.29 is 9.53 Å². The third-order valence-electron chi connectivity index (χ3n) is 6.62. The SMILES string of the molecule is CCOC1CC(N)(C(=O)N2CCCC2c2c(C)nn(C)c2C)C1(C)C. The van der Waals surface area contributed by atoms with E-state index < -0.39 is 5.54 Å². The van der Waals surface area contributed by atoms with Crippen LogP contribution in [0.4, 0.5) is 0 Å². The number of aryl methyl sites for hydroxylation is 2. The molecule has 0 spiro atoms. The summed E-state index contributed by atoms with van der Waals surface area (Å²) in [5.74, 6) is 0.0682. The Balaban J connectivity index is 1.87. The van der Waals surface area contributed by atoms with Crippen molar-refractivity contribution in [3.63, 3.8) is 0 Å². The molecule has 1 aliphatic heterocycles. The number of carbonyl (C=O) groups excluding carboxylic acids is 1. The summed E-state index contributed by atoms with van der Waals surface area (Å²) in [6, 6.07) is 0.0866. The maximum atomic E-state index is 13.4. The van der Waals surface area contributed by atoms with Gasteiger partial charge in [0.25, 0.3) is 0 Å². The lowest BCUT2D eigenvalue weighted by atomic mass is 9.54. The van der Waals surface area contributed by atoms with Crippen LogP contribution in [0.5, 0.6) is 0 Å². The highest BCUT2D eigenvalue weighted by atomic mass is 16.5. The zero-order valence-corrected chi connectivity index (χ0v) is 16.4. The summed E-state index contributed by atoms with van der Waals surface area (Å²) in [7, 11) is 1.96. The fraction of sp³-hybridized carbons (Fsp3) is 0.789. The second-order valence-corrected chi connectivity index (χ2v) is 8.21. The summed E-state index contributed by atoms with van der Waals surface area (Å²) in [5, 5.41) is 4.54. The summed E-state index contributed by atoms with van der Waals surface area (Å²) in [6.07, 6.45) is 2.63. The zero-order chi connectivity index (χ0) is 18.6. The first-order valence-electron chi connectivity index (χ1n) is 9.36. The van der Waals surface area contributed by atoms with Crippen molar-refractivity contribution in [2.75, 3.05) is 13.2 Å². The van der Waals surface area contributed by atoms with E-state index in [4.69, 9.17) is 10.5 Å². The number of hydrogen-bond acceptors (Lipinski definition) is 4. The van der Waals surface area contributed by atoms with Crippen LogP contribution in [0.15, 0.2) is 0 Å². The average molecular weight is 348 g/mol. The highest BCUT2D eigenvalue weighted by Gasteiger charge is 2.64. The zero-order valence-electron chi connectivity index (χ0n) is 16.4. The Morgan fingerprint density at radius 2 is 2.08 bits per heavy atom. The molecule has 140 valence electrons. The molecule has 6 heteroatoms. The number of rotatable bonds is 4. The van der Waals surface area contributed by atoms with Crippen LogP contribution in [0.2, 0.25) is 0 Å². The number of hydrogen-bond donors (Lipinski definition) is 1. The van der Waals surface area contributed by atoms with E-state index in [2.05, 4.69) is 25.9 Å². The van der Waals surface area contributed by atoms with Gasteiger partial charge in [-0.2, -0.15) is 5.10 Å². The third-order valence-corrected chi connectivity index (χ3v) is 6.62. The quantitative estimate of drug-likeness (QED) is 0.905. The minimum Gasteiger partial charge on any atom is -0.378 e. The van der Waals surface area contributed by atoms with E-state index in [1.54, 1.807) is 0 Å². The summed E-state index contributed by atoms with van der Waals surface area (Å²) < 4.78 is 7.70. The highest BCUT2D eigenvalue weighted by Crippen LogP contribution is 2.52. The van der Waals surface area contributed by atoms with Gasteiger partial charge < -0.3 is 15.4 Å². The van der Waals surface area contributed by atoms with Crippen LogP contribution in [0.3, 0.4) is 0 Å². The molecular weight excluding hydrogens is 316 g/mol. The summed E-state index contributed by atoms with van der Waals surface area (Å²) in [5.41, 5.74) is 8.78. The number of aromatic nitrogens is 2. The normalized spacial score (nSPS) is 31.2. The largest absolute Gasteiger partial charge is 0.378 e. The molecular formula is C19H32N4O2. The van der Waals surface area contributed by atoms with E-state index >= 15 is 0 Å². The second-order valence-electron chi connectivity index (χ2n) is 8.21. The number of ether oxygens (including phenoxy) is 1. The van der Waals surface area contributed by atoms with E-state index in [0.29, 0.717) is 13.0 Å². The number of likely N-dealkylation sites (tertiary alicyclic amines) is 1. The van der Waals surface area contributed by atoms with Crippen LogP contribution in [0.25, 0.3) is 0 Å². The van der Waals surface area contributed by atoms with Crippen LogP contribution in [-0.4, -0.2) is 45.4 Å². The Bertz CT molecular complexity index is 681. The molecule has 0 bridgehead atoms. The Morgan fingerprint density at radius 3 is 2.60 bits per heavy atom. The molecule has 0 aromatic carbocycles. The summed E-state index contributed by atoms with van der Waals surface area (Å²) >= 11 is 0. The molecule has 2 heterocycles. The lowest BCUT2D eigenvalue weighted by Gasteiger charge is -2.58. The molecule has 1 aliphatic carbocycles. The van der Waals surface area contributed by atoms with Gasteiger partial charge in [0.05, 0.1) is 17.8 Å². The van der Waals surface area contributed by atoms with Gasteiger partial charge in [0.1, 0.15) is 5.54 Å². The smallest absolute Gasteiger partial charge is 0.243 e. The van der Waals surface area contributed by atoms with Gasteiger partial charge in [-0.15, -0.1) is 0 Å². The van der Waals surface area contributed by atoms with Crippen molar-refractivity contribution in [3.05, 3.63) is 17.0 Å². The number of nitrogens with zero attached hydrogens (tertiary/aromatic N) is 3. The monoisotopic (exact) mass is 348 g/mol. The topological polar surface area (TPSA) is 73.4 Å². The van der Waals surface area contributed by atoms with Crippen molar-refractivity contribution in [1.29, 1.82) is 0 Å². The first-order valence-corrected chi connectivity index (χ1v) is 9.36. The van der Waals surface area contributed by atoms with Gasteiger partial charge in [0, 0.05) is 43.3 Å². The summed E-state index contributed by atoms with van der Waals surface area (Å²) in [4.78, 5) is 15.4. The molecule has 2 N–H and O–H groups in total. The first kappa shape index (κ1) is 18.4. The van der Waals surface area contributed by atoms with Gasteiger partial charge in [-0.25, -0.2) is 0 Å². The lowest BCUT2D eigenvalue weighted by molar-refractivity contribution is -0.180. The van der Waals surface area contributed by atoms with Crippen LogP contribution in [-0.2, 0) is 16.6 Å². The number of amides is 1. The molecule has 1 saturated carbocycles. The average Bonchev–Trinajstić information content (AvgIpc) is 3.11. The Morgan fingerprint density at radius 1 is 1.40 bits per heavy atom. The predicted molar refractivity (Wildman–Crippen MR) is 97.1 cm³/mol. The molecule has 3 rings (SSSR count). The maximum Gasteiger partial charge on any atom is 0.243 e. The molecule has 0 radical (unpaired) electrons. The van der Waals surface area contributed by atoms with Crippen LogP contribution in [0.1, 0.15) is 63.0 Å². The summed E-state index contributed by atoms with van der Waals surface area (Å²) in [6.45, 7) is 11.6. The Labute approximate surface area is 150 Å². The standard InChI is InChI=1S/C19H32N4O2/c1-7-25-15-11-19(20,18(15,4)5)17(24)23-10-8-9-14(23)16-12(2)21-22(6)13(16)3/h14-15H,7-11,20H2,1-6H3. The van der Waals surface area contributed by atoms with Crippen LogP contribution in [0, 0.1) is 19.3 Å². The second kappa shape index (κ2) is 6.09. The number of carbonyl (C=O) groups is 1. The fourth-order valence-electron chi connectivity index (χ4n) is 4.64.